The van der Waals surface area contributed by atoms with E-state index in [1.165, 1.54) is 32.1 Å². The number of carbonyl (C=O) groups excluding carboxylic acids is 2. The molecule has 1 aromatic carbocycles. The number of amides is 2. The number of hydrogen-bond acceptors (Lipinski definition) is 3. The predicted molar refractivity (Wildman–Crippen MR) is 107 cm³/mol. The highest BCUT2D eigenvalue weighted by Crippen LogP contribution is 2.28. The summed E-state index contributed by atoms with van der Waals surface area (Å²) in [7, 11) is 0. The van der Waals surface area contributed by atoms with E-state index >= 15 is 0 Å². The summed E-state index contributed by atoms with van der Waals surface area (Å²) in [6.45, 7) is 1.03. The Hall–Kier alpha value is -1.59. The highest BCUT2D eigenvalue weighted by molar-refractivity contribution is 6.30. The predicted octanol–water partition coefficient (Wildman–Crippen LogP) is 3.24. The van der Waals surface area contributed by atoms with Gasteiger partial charge in [0.1, 0.15) is 6.04 Å². The van der Waals surface area contributed by atoms with E-state index in [9.17, 15) is 9.59 Å². The van der Waals surface area contributed by atoms with Gasteiger partial charge in [-0.25, -0.2) is 0 Å². The molecule has 2 aliphatic rings. The highest BCUT2D eigenvalue weighted by Gasteiger charge is 2.36. The number of hydrogen-bond donors (Lipinski definition) is 2. The molecule has 1 aliphatic carbocycles. The normalized spacial score (nSPS) is 21.9. The topological polar surface area (TPSA) is 75.4 Å². The van der Waals surface area contributed by atoms with Crippen molar-refractivity contribution in [2.45, 2.75) is 70.0 Å². The van der Waals surface area contributed by atoms with Crippen LogP contribution in [0.25, 0.3) is 0 Å². The summed E-state index contributed by atoms with van der Waals surface area (Å²) in [6.07, 6.45) is 8.40. The van der Waals surface area contributed by atoms with Crippen LogP contribution in [-0.2, 0) is 16.1 Å². The summed E-state index contributed by atoms with van der Waals surface area (Å²) >= 11 is 5.99. The lowest BCUT2D eigenvalue weighted by molar-refractivity contribution is -0.139. The Kier molecular flexibility index (Phi) is 7.13. The fourth-order valence-corrected chi connectivity index (χ4v) is 4.57. The average molecular weight is 392 g/mol. The minimum absolute atomic E-state index is 0.0685. The molecule has 6 heteroatoms. The van der Waals surface area contributed by atoms with Gasteiger partial charge in [-0.15, -0.1) is 0 Å². The molecule has 2 fully saturated rings. The van der Waals surface area contributed by atoms with Gasteiger partial charge in [0, 0.05) is 18.1 Å². The second-order valence-electron chi connectivity index (χ2n) is 7.88. The van der Waals surface area contributed by atoms with Gasteiger partial charge in [-0.2, -0.15) is 0 Å². The molecule has 1 aliphatic heterocycles. The second kappa shape index (κ2) is 9.56. The summed E-state index contributed by atoms with van der Waals surface area (Å²) in [5, 5.41) is 3.59. The minimum Gasteiger partial charge on any atom is -0.350 e. The van der Waals surface area contributed by atoms with Gasteiger partial charge >= 0.3 is 0 Å². The van der Waals surface area contributed by atoms with E-state index in [0.29, 0.717) is 30.5 Å². The molecule has 1 saturated carbocycles. The van der Waals surface area contributed by atoms with Gasteiger partial charge in [0.05, 0.1) is 6.04 Å². The van der Waals surface area contributed by atoms with Gasteiger partial charge < -0.3 is 16.0 Å². The Morgan fingerprint density at radius 3 is 2.70 bits per heavy atom. The standard InChI is InChI=1S/C21H30ClN3O2/c22-17-9-4-8-16(12-17)14-24-20(26)19-10-5-11-25(19)21(27)18(23)13-15-6-2-1-3-7-15/h4,8-9,12,15,18-19H,1-3,5-7,10-11,13-14,23H2,(H,24,26)/t18-,19?/m1/s1. The first-order valence-corrected chi connectivity index (χ1v) is 10.5. The molecule has 2 atom stereocenters. The molecule has 27 heavy (non-hydrogen) atoms. The zero-order valence-electron chi connectivity index (χ0n) is 15.8. The maximum absolute atomic E-state index is 12.9. The lowest BCUT2D eigenvalue weighted by atomic mass is 9.84. The van der Waals surface area contributed by atoms with Crippen molar-refractivity contribution >= 4 is 23.4 Å². The number of benzene rings is 1. The first kappa shape index (κ1) is 20.2. The lowest BCUT2D eigenvalue weighted by Gasteiger charge is -2.29. The molecule has 0 aromatic heterocycles. The summed E-state index contributed by atoms with van der Waals surface area (Å²) in [5.41, 5.74) is 7.18. The Bertz CT molecular complexity index is 661. The molecule has 1 aromatic rings. The minimum atomic E-state index is -0.491. The number of nitrogens with one attached hydrogen (secondary N) is 1. The van der Waals surface area contributed by atoms with Gasteiger partial charge in [-0.1, -0.05) is 55.8 Å². The third kappa shape index (κ3) is 5.45. The molecule has 148 valence electrons. The van der Waals surface area contributed by atoms with Crippen LogP contribution in [0.2, 0.25) is 5.02 Å². The van der Waals surface area contributed by atoms with Gasteiger partial charge in [0.25, 0.3) is 0 Å². The Balaban J connectivity index is 1.53. The molecule has 2 amide bonds. The van der Waals surface area contributed by atoms with Crippen molar-refractivity contribution in [2.24, 2.45) is 11.7 Å². The van der Waals surface area contributed by atoms with Crippen molar-refractivity contribution in [1.29, 1.82) is 0 Å². The zero-order valence-corrected chi connectivity index (χ0v) is 16.6. The first-order chi connectivity index (χ1) is 13.0. The van der Waals surface area contributed by atoms with E-state index in [1.54, 1.807) is 11.0 Å². The number of nitrogens with two attached hydrogens (primary N) is 1. The van der Waals surface area contributed by atoms with E-state index in [4.69, 9.17) is 17.3 Å². The molecule has 0 radical (unpaired) electrons. The smallest absolute Gasteiger partial charge is 0.243 e. The van der Waals surface area contributed by atoms with E-state index in [2.05, 4.69) is 5.32 Å². The molecule has 5 nitrogen and oxygen atoms in total. The van der Waals surface area contributed by atoms with Crippen LogP contribution in [0.5, 0.6) is 0 Å². The molecule has 3 N–H and O–H groups in total. The molecule has 0 bridgehead atoms. The zero-order chi connectivity index (χ0) is 19.2. The monoisotopic (exact) mass is 391 g/mol. The quantitative estimate of drug-likeness (QED) is 0.781. The molecule has 1 saturated heterocycles. The van der Waals surface area contributed by atoms with Crippen LogP contribution in [0.1, 0.15) is 56.9 Å². The number of halogens is 1. The van der Waals surface area contributed by atoms with Crippen molar-refractivity contribution in [3.05, 3.63) is 34.9 Å². The third-order valence-electron chi connectivity index (χ3n) is 5.82. The van der Waals surface area contributed by atoms with Crippen molar-refractivity contribution in [1.82, 2.24) is 10.2 Å². The number of rotatable bonds is 6. The largest absolute Gasteiger partial charge is 0.350 e. The molecular weight excluding hydrogens is 362 g/mol. The van der Waals surface area contributed by atoms with Crippen LogP contribution in [-0.4, -0.2) is 35.3 Å². The van der Waals surface area contributed by atoms with Crippen LogP contribution in [0.4, 0.5) is 0 Å². The number of likely N-dealkylation sites (tertiary alicyclic amines) is 1. The Morgan fingerprint density at radius 1 is 1.19 bits per heavy atom. The first-order valence-electron chi connectivity index (χ1n) is 10.1. The molecular formula is C21H30ClN3O2. The highest BCUT2D eigenvalue weighted by atomic mass is 35.5. The Morgan fingerprint density at radius 2 is 1.96 bits per heavy atom. The van der Waals surface area contributed by atoms with Gasteiger partial charge in [0.2, 0.25) is 11.8 Å². The van der Waals surface area contributed by atoms with Gasteiger partial charge in [0.15, 0.2) is 0 Å². The van der Waals surface area contributed by atoms with Crippen molar-refractivity contribution in [2.75, 3.05) is 6.54 Å². The third-order valence-corrected chi connectivity index (χ3v) is 6.06. The SMILES string of the molecule is N[C@H](CC1CCCCC1)C(=O)N1CCCC1C(=O)NCc1cccc(Cl)c1. The number of carbonyl (C=O) groups is 2. The summed E-state index contributed by atoms with van der Waals surface area (Å²) in [6, 6.07) is 6.52. The van der Waals surface area contributed by atoms with Crippen molar-refractivity contribution < 1.29 is 9.59 Å². The fraction of sp³-hybridized carbons (Fsp3) is 0.619. The van der Waals surface area contributed by atoms with E-state index in [-0.39, 0.29) is 11.8 Å². The number of nitrogens with zero attached hydrogens (tertiary/aromatic N) is 1. The summed E-state index contributed by atoms with van der Waals surface area (Å²) in [4.78, 5) is 27.2. The average Bonchev–Trinajstić information content (AvgIpc) is 3.16. The lowest BCUT2D eigenvalue weighted by Crippen LogP contribution is -2.51. The molecule has 1 heterocycles. The van der Waals surface area contributed by atoms with E-state index < -0.39 is 12.1 Å². The van der Waals surface area contributed by atoms with Crippen LogP contribution in [0.15, 0.2) is 24.3 Å². The maximum atomic E-state index is 12.9. The van der Waals surface area contributed by atoms with Crippen LogP contribution < -0.4 is 11.1 Å². The maximum Gasteiger partial charge on any atom is 0.243 e. The van der Waals surface area contributed by atoms with Crippen LogP contribution >= 0.6 is 11.6 Å². The van der Waals surface area contributed by atoms with Crippen LogP contribution in [0.3, 0.4) is 0 Å². The Labute approximate surface area is 166 Å². The van der Waals surface area contributed by atoms with Gasteiger partial charge in [-0.3, -0.25) is 9.59 Å². The van der Waals surface area contributed by atoms with Crippen molar-refractivity contribution in [3.63, 3.8) is 0 Å². The molecule has 3 rings (SSSR count). The van der Waals surface area contributed by atoms with Crippen molar-refractivity contribution in [3.8, 4) is 0 Å². The summed E-state index contributed by atoms with van der Waals surface area (Å²) < 4.78 is 0. The van der Waals surface area contributed by atoms with E-state index in [1.807, 2.05) is 18.2 Å². The van der Waals surface area contributed by atoms with E-state index in [0.717, 1.165) is 18.4 Å². The molecule has 1 unspecified atom stereocenters. The summed E-state index contributed by atoms with van der Waals surface area (Å²) in [5.74, 6) is 0.377. The van der Waals surface area contributed by atoms with Gasteiger partial charge in [-0.05, 0) is 42.9 Å². The fourth-order valence-electron chi connectivity index (χ4n) is 4.35. The van der Waals surface area contributed by atoms with Crippen LogP contribution in [0, 0.1) is 5.92 Å². The molecule has 0 spiro atoms. The second-order valence-corrected chi connectivity index (χ2v) is 8.32.